The van der Waals surface area contributed by atoms with Crippen molar-refractivity contribution in [1.82, 2.24) is 9.21 Å². The highest BCUT2D eigenvalue weighted by atomic mass is 32.2. The molecule has 2 unspecified atom stereocenters. The first-order valence-corrected chi connectivity index (χ1v) is 10.9. The van der Waals surface area contributed by atoms with Gasteiger partial charge in [0.2, 0.25) is 10.0 Å². The van der Waals surface area contributed by atoms with Gasteiger partial charge >= 0.3 is 5.97 Å². The number of carboxylic acid groups (broad SMARTS) is 1. The third-order valence-electron chi connectivity index (χ3n) is 5.56. The fraction of sp³-hybridized carbons (Fsp3) is 0.579. The Kier molecular flexibility index (Phi) is 5.86. The monoisotopic (exact) mass is 394 g/mol. The summed E-state index contributed by atoms with van der Waals surface area (Å²) >= 11 is 0. The van der Waals surface area contributed by atoms with E-state index in [0.717, 1.165) is 19.3 Å². The number of amides is 1. The van der Waals surface area contributed by atoms with Crippen LogP contribution in [0.3, 0.4) is 0 Å². The van der Waals surface area contributed by atoms with Crippen molar-refractivity contribution < 1.29 is 23.1 Å². The van der Waals surface area contributed by atoms with Crippen LogP contribution in [0, 0.1) is 11.8 Å². The third kappa shape index (κ3) is 4.01. The van der Waals surface area contributed by atoms with Crippen molar-refractivity contribution in [1.29, 1.82) is 0 Å². The van der Waals surface area contributed by atoms with Crippen LogP contribution in [0.4, 0.5) is 0 Å². The van der Waals surface area contributed by atoms with Crippen LogP contribution < -0.4 is 0 Å². The van der Waals surface area contributed by atoms with E-state index in [1.807, 2.05) is 6.92 Å². The molecule has 0 bridgehead atoms. The lowest BCUT2D eigenvalue weighted by atomic mass is 9.87. The second-order valence-electron chi connectivity index (χ2n) is 7.42. The van der Waals surface area contributed by atoms with Crippen molar-refractivity contribution in [2.75, 3.05) is 26.2 Å². The van der Waals surface area contributed by atoms with Gasteiger partial charge in [-0.3, -0.25) is 9.59 Å². The smallest absolute Gasteiger partial charge is 0.306 e. The Bertz CT molecular complexity index is 817. The number of piperidine rings is 2. The fourth-order valence-electron chi connectivity index (χ4n) is 3.98. The van der Waals surface area contributed by atoms with Gasteiger partial charge in [-0.1, -0.05) is 25.5 Å². The van der Waals surface area contributed by atoms with Crippen LogP contribution in [-0.2, 0) is 14.8 Å². The zero-order valence-electron chi connectivity index (χ0n) is 15.5. The SMILES string of the molecule is CC1CN(C(=O)c2ccccc2S(=O)(=O)N2CCCCC2)CCC1C(=O)O. The Labute approximate surface area is 160 Å². The molecule has 8 heteroatoms. The Morgan fingerprint density at radius 3 is 2.37 bits per heavy atom. The van der Waals surface area contributed by atoms with Crippen molar-refractivity contribution in [2.24, 2.45) is 11.8 Å². The number of sulfonamides is 1. The summed E-state index contributed by atoms with van der Waals surface area (Å²) in [5, 5.41) is 9.26. The highest BCUT2D eigenvalue weighted by Crippen LogP contribution is 2.28. The van der Waals surface area contributed by atoms with Gasteiger partial charge in [0.05, 0.1) is 16.4 Å². The molecule has 2 aliphatic rings. The predicted octanol–water partition coefficient (Wildman–Crippen LogP) is 2.04. The van der Waals surface area contributed by atoms with E-state index in [9.17, 15) is 23.1 Å². The summed E-state index contributed by atoms with van der Waals surface area (Å²) < 4.78 is 27.6. The van der Waals surface area contributed by atoms with Crippen LogP contribution in [-0.4, -0.2) is 60.8 Å². The van der Waals surface area contributed by atoms with Gasteiger partial charge in [-0.25, -0.2) is 8.42 Å². The van der Waals surface area contributed by atoms with Gasteiger partial charge in [-0.2, -0.15) is 4.31 Å². The molecule has 2 fully saturated rings. The average molecular weight is 394 g/mol. The molecule has 2 saturated heterocycles. The van der Waals surface area contributed by atoms with Gasteiger partial charge in [-0.05, 0) is 37.3 Å². The molecule has 1 aromatic rings. The highest BCUT2D eigenvalue weighted by molar-refractivity contribution is 7.89. The average Bonchev–Trinajstić information content (AvgIpc) is 2.67. The number of carbonyl (C=O) groups is 2. The molecule has 1 N–H and O–H groups in total. The normalized spacial score (nSPS) is 24.6. The summed E-state index contributed by atoms with van der Waals surface area (Å²) in [6.07, 6.45) is 3.05. The van der Waals surface area contributed by atoms with Gasteiger partial charge in [0.1, 0.15) is 0 Å². The number of nitrogens with zero attached hydrogens (tertiary/aromatic N) is 2. The predicted molar refractivity (Wildman–Crippen MR) is 99.9 cm³/mol. The molecule has 0 saturated carbocycles. The summed E-state index contributed by atoms with van der Waals surface area (Å²) in [5.74, 6) is -1.84. The molecule has 3 rings (SSSR count). The Morgan fingerprint density at radius 2 is 1.74 bits per heavy atom. The molecule has 0 spiro atoms. The lowest BCUT2D eigenvalue weighted by molar-refractivity contribution is -0.145. The van der Waals surface area contributed by atoms with Gasteiger partial charge < -0.3 is 10.0 Å². The molecular weight excluding hydrogens is 368 g/mol. The minimum Gasteiger partial charge on any atom is -0.481 e. The molecular formula is C19H26N2O5S. The second-order valence-corrected chi connectivity index (χ2v) is 9.33. The third-order valence-corrected chi connectivity index (χ3v) is 7.52. The molecule has 0 aromatic heterocycles. The number of rotatable bonds is 4. The van der Waals surface area contributed by atoms with Gasteiger partial charge in [0.25, 0.3) is 5.91 Å². The number of carbonyl (C=O) groups excluding carboxylic acids is 1. The minimum absolute atomic E-state index is 0.0462. The quantitative estimate of drug-likeness (QED) is 0.843. The molecule has 0 radical (unpaired) electrons. The van der Waals surface area contributed by atoms with Gasteiger partial charge in [0, 0.05) is 26.2 Å². The summed E-state index contributed by atoms with van der Waals surface area (Å²) in [7, 11) is -3.72. The maximum Gasteiger partial charge on any atom is 0.306 e. The molecule has 2 aliphatic heterocycles. The molecule has 27 heavy (non-hydrogen) atoms. The Hall–Kier alpha value is -1.93. The van der Waals surface area contributed by atoms with E-state index >= 15 is 0 Å². The second kappa shape index (κ2) is 7.98. The number of carboxylic acids is 1. The van der Waals surface area contributed by atoms with E-state index in [4.69, 9.17) is 0 Å². The zero-order chi connectivity index (χ0) is 19.6. The van der Waals surface area contributed by atoms with Crippen LogP contribution in [0.1, 0.15) is 43.0 Å². The van der Waals surface area contributed by atoms with Crippen molar-refractivity contribution in [3.05, 3.63) is 29.8 Å². The van der Waals surface area contributed by atoms with E-state index in [0.29, 0.717) is 32.6 Å². The van der Waals surface area contributed by atoms with Crippen LogP contribution >= 0.6 is 0 Å². The molecule has 2 heterocycles. The number of hydrogen-bond donors (Lipinski definition) is 1. The van der Waals surface area contributed by atoms with E-state index < -0.39 is 21.9 Å². The lowest BCUT2D eigenvalue weighted by Gasteiger charge is -2.35. The number of likely N-dealkylation sites (tertiary alicyclic amines) is 1. The Balaban J connectivity index is 1.85. The van der Waals surface area contributed by atoms with Gasteiger partial charge in [-0.15, -0.1) is 0 Å². The zero-order valence-corrected chi connectivity index (χ0v) is 16.3. The molecule has 1 aromatic carbocycles. The number of benzene rings is 1. The highest BCUT2D eigenvalue weighted by Gasteiger charge is 2.36. The summed E-state index contributed by atoms with van der Waals surface area (Å²) in [6.45, 7) is 3.40. The lowest BCUT2D eigenvalue weighted by Crippen LogP contribution is -2.45. The Morgan fingerprint density at radius 1 is 1.07 bits per heavy atom. The van der Waals surface area contributed by atoms with E-state index in [-0.39, 0.29) is 22.3 Å². The van der Waals surface area contributed by atoms with Crippen LogP contribution in [0.5, 0.6) is 0 Å². The first-order chi connectivity index (χ1) is 12.8. The van der Waals surface area contributed by atoms with Crippen LogP contribution in [0.25, 0.3) is 0 Å². The molecule has 148 valence electrons. The standard InChI is InChI=1S/C19H26N2O5S/c1-14-13-20(12-9-15(14)19(23)24)18(22)16-7-3-4-8-17(16)27(25,26)21-10-5-2-6-11-21/h3-4,7-8,14-15H,2,5-6,9-13H2,1H3,(H,23,24). The molecule has 1 amide bonds. The first kappa shape index (κ1) is 19.8. The van der Waals surface area contributed by atoms with Crippen molar-refractivity contribution in [3.63, 3.8) is 0 Å². The fourth-order valence-corrected chi connectivity index (χ4v) is 5.68. The number of aliphatic carboxylic acids is 1. The van der Waals surface area contributed by atoms with E-state index in [2.05, 4.69) is 0 Å². The molecule has 7 nitrogen and oxygen atoms in total. The molecule has 0 aliphatic carbocycles. The summed E-state index contributed by atoms with van der Waals surface area (Å²) in [6, 6.07) is 6.33. The maximum atomic E-state index is 13.1. The van der Waals surface area contributed by atoms with Crippen molar-refractivity contribution in [3.8, 4) is 0 Å². The van der Waals surface area contributed by atoms with E-state index in [1.165, 1.54) is 10.4 Å². The minimum atomic E-state index is -3.72. The summed E-state index contributed by atoms with van der Waals surface area (Å²) in [4.78, 5) is 26.0. The maximum absolute atomic E-state index is 13.1. The van der Waals surface area contributed by atoms with Crippen molar-refractivity contribution in [2.45, 2.75) is 37.5 Å². The van der Waals surface area contributed by atoms with Gasteiger partial charge in [0.15, 0.2) is 0 Å². The van der Waals surface area contributed by atoms with E-state index in [1.54, 1.807) is 23.1 Å². The first-order valence-electron chi connectivity index (χ1n) is 9.43. The topological polar surface area (TPSA) is 95.0 Å². The van der Waals surface area contributed by atoms with Crippen LogP contribution in [0.2, 0.25) is 0 Å². The largest absolute Gasteiger partial charge is 0.481 e. The molecule has 2 atom stereocenters. The number of hydrogen-bond acceptors (Lipinski definition) is 4. The van der Waals surface area contributed by atoms with Crippen molar-refractivity contribution >= 4 is 21.9 Å². The van der Waals surface area contributed by atoms with Crippen LogP contribution in [0.15, 0.2) is 29.2 Å². The summed E-state index contributed by atoms with van der Waals surface area (Å²) in [5.41, 5.74) is 0.170.